The fraction of sp³-hybridized carbons (Fsp3) is 0.556. The fourth-order valence-corrected chi connectivity index (χ4v) is 2.82. The van der Waals surface area contributed by atoms with Crippen molar-refractivity contribution < 1.29 is 19.0 Å². The molecule has 0 saturated carbocycles. The molecule has 0 aliphatic carbocycles. The summed E-state index contributed by atoms with van der Waals surface area (Å²) in [4.78, 5) is 17.6. The summed E-state index contributed by atoms with van der Waals surface area (Å²) in [6.07, 6.45) is 1.19. The molecule has 7 nitrogen and oxygen atoms in total. The first kappa shape index (κ1) is 20.0. The number of aliphatic imine (C=N–C) groups is 1. The summed E-state index contributed by atoms with van der Waals surface area (Å²) in [5.41, 5.74) is 5.24. The van der Waals surface area contributed by atoms with Gasteiger partial charge in [-0.3, -0.25) is 4.99 Å². The third-order valence-electron chi connectivity index (χ3n) is 4.40. The van der Waals surface area contributed by atoms with E-state index in [0.29, 0.717) is 25.3 Å². The van der Waals surface area contributed by atoms with Gasteiger partial charge in [0.05, 0.1) is 13.2 Å². The molecule has 0 radical (unpaired) electrons. The lowest BCUT2D eigenvalue weighted by Gasteiger charge is -2.32. The quantitative estimate of drug-likeness (QED) is 0.542. The molecule has 1 aromatic carbocycles. The zero-order valence-corrected chi connectivity index (χ0v) is 15.2. The number of rotatable bonds is 5. The second-order valence-electron chi connectivity index (χ2n) is 6.59. The summed E-state index contributed by atoms with van der Waals surface area (Å²) >= 11 is 0. The van der Waals surface area contributed by atoms with Gasteiger partial charge in [-0.25, -0.2) is 9.18 Å². The number of carbonyl (C=O) groups excluding carboxylic acids is 1. The zero-order valence-electron chi connectivity index (χ0n) is 15.2. The van der Waals surface area contributed by atoms with E-state index in [1.54, 1.807) is 18.7 Å². The Morgan fingerprint density at radius 3 is 2.62 bits per heavy atom. The molecule has 1 fully saturated rings. The van der Waals surface area contributed by atoms with Crippen LogP contribution in [0.5, 0.6) is 0 Å². The van der Waals surface area contributed by atoms with Crippen LogP contribution in [0.1, 0.15) is 32.3 Å². The molecule has 0 bridgehead atoms. The molecule has 1 amide bonds. The Kier molecular flexibility index (Phi) is 6.79. The van der Waals surface area contributed by atoms with Crippen molar-refractivity contribution in [2.75, 3.05) is 26.2 Å². The van der Waals surface area contributed by atoms with Crippen molar-refractivity contribution in [2.45, 2.75) is 38.3 Å². The molecule has 2 rings (SSSR count). The Balaban J connectivity index is 1.83. The average molecular weight is 366 g/mol. The van der Waals surface area contributed by atoms with Crippen molar-refractivity contribution in [1.29, 1.82) is 0 Å². The van der Waals surface area contributed by atoms with E-state index in [1.807, 2.05) is 0 Å². The van der Waals surface area contributed by atoms with E-state index < -0.39 is 5.60 Å². The number of hydrogen-bond donors (Lipinski definition) is 3. The highest BCUT2D eigenvalue weighted by molar-refractivity contribution is 5.78. The largest absolute Gasteiger partial charge is 0.450 e. The number of hydrogen-bond acceptors (Lipinski definition) is 4. The maximum absolute atomic E-state index is 13.0. The second-order valence-corrected chi connectivity index (χ2v) is 6.59. The molecule has 0 aromatic heterocycles. The van der Waals surface area contributed by atoms with E-state index in [1.165, 1.54) is 24.3 Å². The lowest BCUT2D eigenvalue weighted by atomic mass is 9.96. The van der Waals surface area contributed by atoms with Crippen molar-refractivity contribution >= 4 is 12.1 Å². The highest BCUT2D eigenvalue weighted by Gasteiger charge is 2.25. The first-order valence-electron chi connectivity index (χ1n) is 8.78. The molecule has 4 N–H and O–H groups in total. The van der Waals surface area contributed by atoms with Crippen molar-refractivity contribution in [1.82, 2.24) is 10.2 Å². The van der Waals surface area contributed by atoms with Crippen LogP contribution in [0.2, 0.25) is 0 Å². The number of nitrogens with one attached hydrogen (secondary N) is 1. The molecule has 1 aliphatic rings. The second kappa shape index (κ2) is 8.84. The van der Waals surface area contributed by atoms with Gasteiger partial charge >= 0.3 is 6.09 Å². The Morgan fingerprint density at radius 1 is 1.42 bits per heavy atom. The standard InChI is InChI=1S/C18H27FN4O3/c1-3-26-17(24)23-10-8-15(9-11-23)22-16(20)21-12-18(2,25)13-4-6-14(19)7-5-13/h4-7,15,25H,3,8-12H2,1-2H3,(H3,20,21,22). The summed E-state index contributed by atoms with van der Waals surface area (Å²) in [7, 11) is 0. The molecule has 8 heteroatoms. The van der Waals surface area contributed by atoms with Crippen LogP contribution in [-0.2, 0) is 10.3 Å². The zero-order chi connectivity index (χ0) is 19.2. The molecule has 1 saturated heterocycles. The van der Waals surface area contributed by atoms with Crippen LogP contribution in [0.15, 0.2) is 29.3 Å². The number of nitrogens with two attached hydrogens (primary N) is 1. The van der Waals surface area contributed by atoms with Gasteiger partial charge in [0.15, 0.2) is 5.96 Å². The van der Waals surface area contributed by atoms with Crippen LogP contribution in [0.25, 0.3) is 0 Å². The van der Waals surface area contributed by atoms with E-state index in [9.17, 15) is 14.3 Å². The monoisotopic (exact) mass is 366 g/mol. The molecule has 1 atom stereocenters. The Morgan fingerprint density at radius 2 is 2.04 bits per heavy atom. The van der Waals surface area contributed by atoms with Crippen molar-refractivity contribution in [3.8, 4) is 0 Å². The summed E-state index contributed by atoms with van der Waals surface area (Å²) in [6, 6.07) is 5.76. The number of likely N-dealkylation sites (tertiary alicyclic amines) is 1. The van der Waals surface area contributed by atoms with Gasteiger partial charge in [0.2, 0.25) is 0 Å². The number of piperidine rings is 1. The number of aliphatic hydroxyl groups is 1. The minimum atomic E-state index is -1.24. The minimum Gasteiger partial charge on any atom is -0.450 e. The van der Waals surface area contributed by atoms with Crippen LogP contribution in [-0.4, -0.2) is 54.3 Å². The number of amides is 1. The maximum atomic E-state index is 13.0. The Bertz CT molecular complexity index is 626. The maximum Gasteiger partial charge on any atom is 0.409 e. The third-order valence-corrected chi connectivity index (χ3v) is 4.40. The van der Waals surface area contributed by atoms with Crippen LogP contribution < -0.4 is 11.1 Å². The van der Waals surface area contributed by atoms with E-state index in [4.69, 9.17) is 10.5 Å². The van der Waals surface area contributed by atoms with Crippen molar-refractivity contribution in [3.63, 3.8) is 0 Å². The smallest absolute Gasteiger partial charge is 0.409 e. The van der Waals surface area contributed by atoms with E-state index in [2.05, 4.69) is 10.3 Å². The third kappa shape index (κ3) is 5.59. The lowest BCUT2D eigenvalue weighted by molar-refractivity contribution is 0.0671. The normalized spacial score (nSPS) is 18.3. The number of carbonyl (C=O) groups is 1. The van der Waals surface area contributed by atoms with Crippen molar-refractivity contribution in [3.05, 3.63) is 35.6 Å². The minimum absolute atomic E-state index is 0.0547. The molecule has 0 spiro atoms. The lowest BCUT2D eigenvalue weighted by Crippen LogP contribution is -2.48. The van der Waals surface area contributed by atoms with Gasteiger partial charge < -0.3 is 25.8 Å². The molecule has 144 valence electrons. The highest BCUT2D eigenvalue weighted by Crippen LogP contribution is 2.21. The molecule has 1 unspecified atom stereocenters. The fourth-order valence-electron chi connectivity index (χ4n) is 2.82. The van der Waals surface area contributed by atoms with E-state index in [-0.39, 0.29) is 30.5 Å². The van der Waals surface area contributed by atoms with Gasteiger partial charge in [-0.2, -0.15) is 0 Å². The molecular formula is C18H27FN4O3. The van der Waals surface area contributed by atoms with Crippen LogP contribution in [0.4, 0.5) is 9.18 Å². The summed E-state index contributed by atoms with van der Waals surface area (Å²) in [5.74, 6) is -0.120. The van der Waals surface area contributed by atoms with Crippen LogP contribution in [0.3, 0.4) is 0 Å². The van der Waals surface area contributed by atoms with E-state index >= 15 is 0 Å². The SMILES string of the molecule is CCOC(=O)N1CCC(NC(N)=NCC(C)(O)c2ccc(F)cc2)CC1. The van der Waals surface area contributed by atoms with Crippen LogP contribution >= 0.6 is 0 Å². The highest BCUT2D eigenvalue weighted by atomic mass is 19.1. The van der Waals surface area contributed by atoms with Crippen LogP contribution in [0, 0.1) is 5.82 Å². The first-order valence-corrected chi connectivity index (χ1v) is 8.78. The number of ether oxygens (including phenoxy) is 1. The van der Waals surface area contributed by atoms with Gasteiger partial charge in [0, 0.05) is 19.1 Å². The molecule has 26 heavy (non-hydrogen) atoms. The Hall–Kier alpha value is -2.35. The number of halogens is 1. The van der Waals surface area contributed by atoms with Gasteiger partial charge in [0.25, 0.3) is 0 Å². The number of guanidine groups is 1. The number of benzene rings is 1. The molecule has 1 aromatic rings. The first-order chi connectivity index (χ1) is 12.3. The van der Waals surface area contributed by atoms with Gasteiger partial charge in [-0.05, 0) is 44.4 Å². The molecular weight excluding hydrogens is 339 g/mol. The summed E-state index contributed by atoms with van der Waals surface area (Å²) in [6.45, 7) is 5.00. The predicted octanol–water partition coefficient (Wildman–Crippen LogP) is 1.56. The van der Waals surface area contributed by atoms with Gasteiger partial charge in [-0.15, -0.1) is 0 Å². The van der Waals surface area contributed by atoms with E-state index in [0.717, 1.165) is 12.8 Å². The topological polar surface area (TPSA) is 100 Å². The molecule has 1 heterocycles. The Labute approximate surface area is 153 Å². The number of nitrogens with zero attached hydrogens (tertiary/aromatic N) is 2. The van der Waals surface area contributed by atoms with Gasteiger partial charge in [0.1, 0.15) is 11.4 Å². The summed E-state index contributed by atoms with van der Waals surface area (Å²) < 4.78 is 18.0. The average Bonchev–Trinajstić information content (AvgIpc) is 2.61. The predicted molar refractivity (Wildman–Crippen MR) is 97.2 cm³/mol. The molecule has 1 aliphatic heterocycles. The summed E-state index contributed by atoms with van der Waals surface area (Å²) in [5, 5.41) is 13.6. The van der Waals surface area contributed by atoms with Gasteiger partial charge in [-0.1, -0.05) is 12.1 Å². The van der Waals surface area contributed by atoms with Crippen molar-refractivity contribution in [2.24, 2.45) is 10.7 Å².